The average Bonchev–Trinajstić information content (AvgIpc) is 4.01. The highest BCUT2D eigenvalue weighted by atomic mass is 16.7. The number of methoxy groups -OCH3 is 3. The van der Waals surface area contributed by atoms with Crippen molar-refractivity contribution in [2.24, 2.45) is 47.3 Å². The van der Waals surface area contributed by atoms with Crippen LogP contribution >= 0.6 is 0 Å². The van der Waals surface area contributed by atoms with Gasteiger partial charge in [0.1, 0.15) is 5.92 Å². The second-order valence-electron chi connectivity index (χ2n) is 22.1. The molecule has 0 radical (unpaired) electrons. The first kappa shape index (κ1) is 48.9. The lowest BCUT2D eigenvalue weighted by Crippen LogP contribution is -2.65. The van der Waals surface area contributed by atoms with Gasteiger partial charge in [0.25, 0.3) is 0 Å². The monoisotopic (exact) mass is 883 g/mol. The maximum absolute atomic E-state index is 12.2. The molecule has 0 aromatic heterocycles. The average molecular weight is 883 g/mol. The molecule has 0 aromatic carbocycles. The van der Waals surface area contributed by atoms with Crippen molar-refractivity contribution in [2.45, 2.75) is 230 Å². The van der Waals surface area contributed by atoms with Crippen LogP contribution in [-0.2, 0) is 52.2 Å². The molecule has 0 amide bonds. The summed E-state index contributed by atoms with van der Waals surface area (Å²) in [6, 6.07) is 0. The van der Waals surface area contributed by atoms with Crippen LogP contribution in [0.25, 0.3) is 0 Å². The first-order valence-electron chi connectivity index (χ1n) is 23.8. The summed E-state index contributed by atoms with van der Waals surface area (Å²) >= 11 is 0. The number of hydrogen-bond acceptors (Lipinski definition) is 13. The lowest BCUT2D eigenvalue weighted by atomic mass is 9.71. The third kappa shape index (κ3) is 8.15. The Hall–Kier alpha value is -1.01. The zero-order valence-electron chi connectivity index (χ0n) is 40.4. The van der Waals surface area contributed by atoms with Gasteiger partial charge in [-0.15, -0.1) is 0 Å². The summed E-state index contributed by atoms with van der Waals surface area (Å²) in [5, 5.41) is 33.1. The molecule has 14 heteroatoms. The van der Waals surface area contributed by atoms with Gasteiger partial charge in [0.05, 0.1) is 77.8 Å². The second-order valence-corrected chi connectivity index (χ2v) is 22.1. The van der Waals surface area contributed by atoms with Crippen molar-refractivity contribution < 1.29 is 67.5 Å². The molecule has 0 aromatic rings. The van der Waals surface area contributed by atoms with Gasteiger partial charge in [0.15, 0.2) is 17.4 Å². The number of ether oxygens (including phenoxy) is 10. The highest BCUT2D eigenvalue weighted by Crippen LogP contribution is 2.56. The lowest BCUT2D eigenvalue weighted by molar-refractivity contribution is -0.366. The Morgan fingerprint density at radius 3 is 1.87 bits per heavy atom. The van der Waals surface area contributed by atoms with Gasteiger partial charge in [-0.25, -0.2) is 0 Å². The van der Waals surface area contributed by atoms with E-state index in [1.54, 1.807) is 35.2 Å². The number of carbonyl (C=O) groups is 1. The van der Waals surface area contributed by atoms with E-state index in [4.69, 9.17) is 47.4 Å². The molecule has 7 unspecified atom stereocenters. The van der Waals surface area contributed by atoms with Crippen LogP contribution in [0, 0.1) is 47.3 Å². The maximum Gasteiger partial charge on any atom is 0.311 e. The highest BCUT2D eigenvalue weighted by molar-refractivity contribution is 5.70. The van der Waals surface area contributed by atoms with Gasteiger partial charge in [-0.3, -0.25) is 4.79 Å². The normalized spacial score (nSPS) is 55.8. The molecule has 358 valence electrons. The second kappa shape index (κ2) is 17.3. The van der Waals surface area contributed by atoms with Crippen molar-refractivity contribution in [3.63, 3.8) is 0 Å². The van der Waals surface area contributed by atoms with Gasteiger partial charge < -0.3 is 62.7 Å². The summed E-state index contributed by atoms with van der Waals surface area (Å²) in [5.74, 6) is -7.44. The topological polar surface area (TPSA) is 170 Å². The Labute approximate surface area is 371 Å². The molecular formula is C48H82O14. The van der Waals surface area contributed by atoms with Gasteiger partial charge in [-0.2, -0.15) is 0 Å². The van der Waals surface area contributed by atoms with Crippen LogP contribution in [0.3, 0.4) is 0 Å². The fourth-order valence-corrected chi connectivity index (χ4v) is 13.7. The quantitative estimate of drug-likeness (QED) is 0.206. The molecular weight excluding hydrogens is 801 g/mol. The van der Waals surface area contributed by atoms with Gasteiger partial charge in [0, 0.05) is 69.7 Å². The minimum atomic E-state index is -1.94. The van der Waals surface area contributed by atoms with Crippen molar-refractivity contribution in [2.75, 3.05) is 21.3 Å². The molecule has 7 rings (SSSR count). The zero-order valence-corrected chi connectivity index (χ0v) is 40.4. The predicted molar refractivity (Wildman–Crippen MR) is 228 cm³/mol. The Bertz CT molecular complexity index is 1600. The third-order valence-electron chi connectivity index (χ3n) is 17.9. The summed E-state index contributed by atoms with van der Waals surface area (Å²) < 4.78 is 66.3. The van der Waals surface area contributed by atoms with Crippen molar-refractivity contribution in [1.82, 2.24) is 0 Å². The molecule has 0 bridgehead atoms. The molecule has 3 N–H and O–H groups in total. The van der Waals surface area contributed by atoms with Gasteiger partial charge in [0.2, 0.25) is 0 Å². The molecule has 0 saturated carbocycles. The third-order valence-corrected chi connectivity index (χ3v) is 17.9. The molecule has 7 aliphatic heterocycles. The van der Waals surface area contributed by atoms with E-state index in [0.717, 1.165) is 38.5 Å². The van der Waals surface area contributed by atoms with Crippen LogP contribution < -0.4 is 0 Å². The largest absolute Gasteiger partial charge is 0.481 e. The fraction of sp³-hybridized carbons (Fsp3) is 0.979. The van der Waals surface area contributed by atoms with E-state index < -0.39 is 64.2 Å². The standard InChI is InChI=1S/C48H82O14/c1-24-22-32(40-28(5)38(54-14)29(6)46(12,51)59-40)56-41(24)45(11)19-17-34(58-45)43(9)18-16-35(57-43)44(10)20-21-47(62-44)23-33(53-13)25(2)36(60-47)26(3)37-27(4)39(55-15)30(7)48(52,61-37)31(8)42(49)50/h24-41,51-52H,16-23H2,1-15H3,(H,49,50)/t24-,25+,26+,27+,28-,29+,30+,31+,32?,33-,34?,35?,36?,37?,38-,39-,40?,41?,43-,44-,45-,46-,47+,48+/m0/s1. The number of aliphatic hydroxyl groups is 2. The number of rotatable bonds is 11. The van der Waals surface area contributed by atoms with E-state index in [1.807, 2.05) is 13.8 Å². The van der Waals surface area contributed by atoms with E-state index in [2.05, 4.69) is 48.5 Å². The van der Waals surface area contributed by atoms with Gasteiger partial charge in [-0.05, 0) is 79.1 Å². The fourth-order valence-electron chi connectivity index (χ4n) is 13.7. The number of carboxylic acids is 1. The summed E-state index contributed by atoms with van der Waals surface area (Å²) in [7, 11) is 5.04. The predicted octanol–water partition coefficient (Wildman–Crippen LogP) is 6.49. The molecule has 7 fully saturated rings. The summed E-state index contributed by atoms with van der Waals surface area (Å²) in [6.07, 6.45) is 3.50. The van der Waals surface area contributed by atoms with E-state index in [1.165, 1.54) is 6.92 Å². The van der Waals surface area contributed by atoms with Crippen molar-refractivity contribution >= 4 is 5.97 Å². The van der Waals surface area contributed by atoms with E-state index in [-0.39, 0.29) is 84.3 Å². The zero-order chi connectivity index (χ0) is 45.7. The summed E-state index contributed by atoms with van der Waals surface area (Å²) in [6.45, 7) is 24.1. The Kier molecular flexibility index (Phi) is 13.6. The van der Waals surface area contributed by atoms with Gasteiger partial charge in [-0.1, -0.05) is 48.5 Å². The van der Waals surface area contributed by atoms with E-state index >= 15 is 0 Å². The Morgan fingerprint density at radius 1 is 0.677 bits per heavy atom. The Morgan fingerprint density at radius 2 is 1.26 bits per heavy atom. The van der Waals surface area contributed by atoms with E-state index in [9.17, 15) is 20.1 Å². The lowest BCUT2D eigenvalue weighted by Gasteiger charge is -2.55. The molecule has 14 nitrogen and oxygen atoms in total. The van der Waals surface area contributed by atoms with Gasteiger partial charge >= 0.3 is 5.97 Å². The highest BCUT2D eigenvalue weighted by Gasteiger charge is 2.64. The minimum absolute atomic E-state index is 0.0432. The van der Waals surface area contributed by atoms with Crippen LogP contribution in [0.5, 0.6) is 0 Å². The number of carboxylic acid groups (broad SMARTS) is 1. The SMILES string of the molecule is CO[C@H]1[C@H](C)C([C@H](C)C2O[C@@]3(CC[C@@](C)(C4CC[C@@](C)(C5CC[C@@](C)(C6OC(C7O[C@](C)(O)[C@H](C)[C@@H](OC)[C@@H]7C)C[C@@H]6C)O5)O4)O3)C[C@H](OC)[C@H]2C)O[C@@](O)([C@H](C)C(=O)O)[C@@H]1C. The summed E-state index contributed by atoms with van der Waals surface area (Å²) in [5.41, 5.74) is -1.65. The molecule has 24 atom stereocenters. The smallest absolute Gasteiger partial charge is 0.311 e. The van der Waals surface area contributed by atoms with Crippen molar-refractivity contribution in [3.05, 3.63) is 0 Å². The molecule has 7 heterocycles. The van der Waals surface area contributed by atoms with Crippen LogP contribution in [-0.4, -0.2) is 138 Å². The molecule has 7 aliphatic rings. The molecule has 1 spiro atoms. The number of hydrogen-bond donors (Lipinski definition) is 3. The molecule has 7 saturated heterocycles. The first-order chi connectivity index (χ1) is 28.8. The summed E-state index contributed by atoms with van der Waals surface area (Å²) in [4.78, 5) is 12.2. The molecule has 0 aliphatic carbocycles. The van der Waals surface area contributed by atoms with Crippen LogP contribution in [0.4, 0.5) is 0 Å². The minimum Gasteiger partial charge on any atom is -0.481 e. The molecule has 62 heavy (non-hydrogen) atoms. The maximum atomic E-state index is 12.2. The van der Waals surface area contributed by atoms with Crippen molar-refractivity contribution in [1.29, 1.82) is 0 Å². The van der Waals surface area contributed by atoms with E-state index in [0.29, 0.717) is 12.8 Å². The van der Waals surface area contributed by atoms with Crippen LogP contribution in [0.15, 0.2) is 0 Å². The van der Waals surface area contributed by atoms with Crippen molar-refractivity contribution in [3.8, 4) is 0 Å². The Balaban J connectivity index is 1.02. The van der Waals surface area contributed by atoms with Crippen LogP contribution in [0.1, 0.15) is 134 Å². The first-order valence-corrected chi connectivity index (χ1v) is 23.8. The van der Waals surface area contributed by atoms with Crippen LogP contribution in [0.2, 0.25) is 0 Å². The number of aliphatic carboxylic acids is 1.